The number of piperazine rings is 1. The zero-order valence-electron chi connectivity index (χ0n) is 18.5. The van der Waals surface area contributed by atoms with Crippen LogP contribution in [0, 0.1) is 0 Å². The fourth-order valence-electron chi connectivity index (χ4n) is 4.62. The standard InChI is InChI=1S/C24H28N4O4/c1-26-21(29)15-24(23(26)31,19-8-3-4-9-20(19)32-2)16-22(30)28-13-11-27(12-14-28)17-18-7-5-6-10-25-18/h3-10H,11-17H2,1-2H3/t24-/m1/s1. The number of aromatic nitrogens is 1. The van der Waals surface area contributed by atoms with Crippen LogP contribution in [0.5, 0.6) is 5.75 Å². The lowest BCUT2D eigenvalue weighted by molar-refractivity contribution is -0.142. The van der Waals surface area contributed by atoms with E-state index in [0.717, 1.165) is 30.2 Å². The van der Waals surface area contributed by atoms with Crippen molar-refractivity contribution in [2.75, 3.05) is 40.3 Å². The lowest BCUT2D eigenvalue weighted by Gasteiger charge is -2.36. The number of para-hydroxylation sites is 1. The monoisotopic (exact) mass is 436 g/mol. The molecule has 0 spiro atoms. The number of benzene rings is 1. The Morgan fingerprint density at radius 2 is 1.78 bits per heavy atom. The van der Waals surface area contributed by atoms with Gasteiger partial charge in [0.25, 0.3) is 0 Å². The predicted octanol–water partition coefficient (Wildman–Crippen LogP) is 1.45. The molecule has 2 aromatic rings. The molecule has 8 nitrogen and oxygen atoms in total. The second kappa shape index (κ2) is 9.08. The van der Waals surface area contributed by atoms with Gasteiger partial charge in [-0.1, -0.05) is 24.3 Å². The van der Waals surface area contributed by atoms with Crippen LogP contribution >= 0.6 is 0 Å². The molecule has 1 atom stereocenters. The second-order valence-electron chi connectivity index (χ2n) is 8.37. The Morgan fingerprint density at radius 3 is 2.41 bits per heavy atom. The number of imide groups is 1. The molecule has 2 fully saturated rings. The number of ether oxygens (including phenoxy) is 1. The van der Waals surface area contributed by atoms with Gasteiger partial charge in [0.05, 0.1) is 18.2 Å². The number of likely N-dealkylation sites (tertiary alicyclic amines) is 1. The van der Waals surface area contributed by atoms with Crippen molar-refractivity contribution in [3.63, 3.8) is 0 Å². The summed E-state index contributed by atoms with van der Waals surface area (Å²) in [5, 5.41) is 0. The smallest absolute Gasteiger partial charge is 0.240 e. The molecule has 3 heterocycles. The largest absolute Gasteiger partial charge is 0.496 e. The first-order chi connectivity index (χ1) is 15.4. The third-order valence-corrected chi connectivity index (χ3v) is 6.45. The van der Waals surface area contributed by atoms with Crippen molar-refractivity contribution in [3.05, 3.63) is 59.9 Å². The van der Waals surface area contributed by atoms with Crippen LogP contribution in [-0.4, -0.2) is 77.7 Å². The quantitative estimate of drug-likeness (QED) is 0.638. The summed E-state index contributed by atoms with van der Waals surface area (Å²) in [6.07, 6.45) is 1.69. The van der Waals surface area contributed by atoms with Gasteiger partial charge in [0.1, 0.15) is 5.75 Å². The molecule has 8 heteroatoms. The van der Waals surface area contributed by atoms with Gasteiger partial charge in [0.2, 0.25) is 17.7 Å². The van der Waals surface area contributed by atoms with E-state index in [1.807, 2.05) is 24.3 Å². The Morgan fingerprint density at radius 1 is 1.06 bits per heavy atom. The third kappa shape index (κ3) is 4.10. The zero-order chi connectivity index (χ0) is 22.7. The molecule has 32 heavy (non-hydrogen) atoms. The minimum absolute atomic E-state index is 0.0336. The van der Waals surface area contributed by atoms with E-state index in [0.29, 0.717) is 24.4 Å². The number of carbonyl (C=O) groups excluding carboxylic acids is 3. The van der Waals surface area contributed by atoms with Crippen molar-refractivity contribution in [1.82, 2.24) is 19.7 Å². The number of hydrogen-bond donors (Lipinski definition) is 0. The molecule has 0 unspecified atom stereocenters. The van der Waals surface area contributed by atoms with Gasteiger partial charge >= 0.3 is 0 Å². The van der Waals surface area contributed by atoms with E-state index in [2.05, 4.69) is 9.88 Å². The van der Waals surface area contributed by atoms with Crippen molar-refractivity contribution in [2.24, 2.45) is 0 Å². The number of rotatable bonds is 6. The highest BCUT2D eigenvalue weighted by atomic mass is 16.5. The average Bonchev–Trinajstić information content (AvgIpc) is 3.04. The van der Waals surface area contributed by atoms with Gasteiger partial charge in [0.15, 0.2) is 0 Å². The van der Waals surface area contributed by atoms with Crippen molar-refractivity contribution in [3.8, 4) is 5.75 Å². The summed E-state index contributed by atoms with van der Waals surface area (Å²) >= 11 is 0. The molecule has 4 rings (SSSR count). The summed E-state index contributed by atoms with van der Waals surface area (Å²) in [4.78, 5) is 48.6. The summed E-state index contributed by atoms with van der Waals surface area (Å²) in [5.41, 5.74) is 0.355. The van der Waals surface area contributed by atoms with Crippen LogP contribution < -0.4 is 4.74 Å². The number of methoxy groups -OCH3 is 1. The van der Waals surface area contributed by atoms with Crippen molar-refractivity contribution in [2.45, 2.75) is 24.8 Å². The minimum Gasteiger partial charge on any atom is -0.496 e. The van der Waals surface area contributed by atoms with E-state index in [1.54, 1.807) is 29.3 Å². The Bertz CT molecular complexity index is 1000. The Kier molecular flexibility index (Phi) is 6.23. The normalized spacial score (nSPS) is 21.8. The molecule has 1 aromatic carbocycles. The third-order valence-electron chi connectivity index (χ3n) is 6.45. The summed E-state index contributed by atoms with van der Waals surface area (Å²) in [7, 11) is 3.00. The van der Waals surface area contributed by atoms with Crippen LogP contribution in [0.15, 0.2) is 48.7 Å². The second-order valence-corrected chi connectivity index (χ2v) is 8.37. The molecule has 2 saturated heterocycles. The Labute approximate surface area is 187 Å². The minimum atomic E-state index is -1.24. The molecule has 0 N–H and O–H groups in total. The topological polar surface area (TPSA) is 83.1 Å². The van der Waals surface area contributed by atoms with Crippen LogP contribution in [0.2, 0.25) is 0 Å². The van der Waals surface area contributed by atoms with Crippen LogP contribution in [0.25, 0.3) is 0 Å². The molecule has 0 aliphatic carbocycles. The van der Waals surface area contributed by atoms with Gasteiger partial charge in [-0.05, 0) is 18.2 Å². The highest BCUT2D eigenvalue weighted by Gasteiger charge is 2.54. The molecule has 0 bridgehead atoms. The maximum Gasteiger partial charge on any atom is 0.240 e. The molecular formula is C24H28N4O4. The maximum atomic E-state index is 13.3. The maximum absolute atomic E-state index is 13.3. The SMILES string of the molecule is COc1ccccc1[C@]1(CC(=O)N2CCN(Cc3ccccn3)CC2)CC(=O)N(C)C1=O. The Hall–Kier alpha value is -3.26. The van der Waals surface area contributed by atoms with Crippen LogP contribution in [0.4, 0.5) is 0 Å². The first kappa shape index (κ1) is 22.0. The Balaban J connectivity index is 1.49. The van der Waals surface area contributed by atoms with E-state index in [1.165, 1.54) is 14.2 Å². The molecule has 0 radical (unpaired) electrons. The summed E-state index contributed by atoms with van der Waals surface area (Å²) in [6.45, 7) is 3.36. The first-order valence-corrected chi connectivity index (χ1v) is 10.8. The van der Waals surface area contributed by atoms with Gasteiger partial charge in [-0.2, -0.15) is 0 Å². The molecule has 168 valence electrons. The van der Waals surface area contributed by atoms with Crippen LogP contribution in [0.1, 0.15) is 24.1 Å². The number of hydrogen-bond acceptors (Lipinski definition) is 6. The van der Waals surface area contributed by atoms with E-state index in [9.17, 15) is 14.4 Å². The summed E-state index contributed by atoms with van der Waals surface area (Å²) in [5.74, 6) is -0.246. The lowest BCUT2D eigenvalue weighted by Crippen LogP contribution is -2.50. The number of likely N-dealkylation sites (N-methyl/N-ethyl adjacent to an activating group) is 1. The molecule has 2 aliphatic rings. The number of pyridine rings is 1. The van der Waals surface area contributed by atoms with Gasteiger partial charge < -0.3 is 9.64 Å². The molecule has 3 amide bonds. The van der Waals surface area contributed by atoms with Gasteiger partial charge in [-0.25, -0.2) is 0 Å². The number of amides is 3. The van der Waals surface area contributed by atoms with E-state index in [-0.39, 0.29) is 30.6 Å². The summed E-state index contributed by atoms with van der Waals surface area (Å²) < 4.78 is 5.48. The molecular weight excluding hydrogens is 408 g/mol. The van der Waals surface area contributed by atoms with Crippen molar-refractivity contribution < 1.29 is 19.1 Å². The van der Waals surface area contributed by atoms with Gasteiger partial charge in [0, 0.05) is 64.4 Å². The lowest BCUT2D eigenvalue weighted by atomic mass is 9.75. The highest BCUT2D eigenvalue weighted by molar-refractivity contribution is 6.10. The van der Waals surface area contributed by atoms with Crippen LogP contribution in [-0.2, 0) is 26.3 Å². The molecule has 2 aliphatic heterocycles. The average molecular weight is 437 g/mol. The fourth-order valence-corrected chi connectivity index (χ4v) is 4.62. The zero-order valence-corrected chi connectivity index (χ0v) is 18.5. The molecule has 1 aromatic heterocycles. The predicted molar refractivity (Wildman–Crippen MR) is 118 cm³/mol. The highest BCUT2D eigenvalue weighted by Crippen LogP contribution is 2.43. The first-order valence-electron chi connectivity index (χ1n) is 10.8. The van der Waals surface area contributed by atoms with E-state index in [4.69, 9.17) is 4.74 Å². The van der Waals surface area contributed by atoms with Crippen molar-refractivity contribution in [1.29, 1.82) is 0 Å². The van der Waals surface area contributed by atoms with E-state index >= 15 is 0 Å². The van der Waals surface area contributed by atoms with Crippen molar-refractivity contribution >= 4 is 17.7 Å². The van der Waals surface area contributed by atoms with Gasteiger partial charge in [-0.15, -0.1) is 0 Å². The van der Waals surface area contributed by atoms with Gasteiger partial charge in [-0.3, -0.25) is 29.2 Å². The number of nitrogens with zero attached hydrogens (tertiary/aromatic N) is 4. The number of carbonyl (C=O) groups is 3. The summed E-state index contributed by atoms with van der Waals surface area (Å²) in [6, 6.07) is 13.0. The van der Waals surface area contributed by atoms with Crippen LogP contribution in [0.3, 0.4) is 0 Å². The molecule has 0 saturated carbocycles. The fraction of sp³-hybridized carbons (Fsp3) is 0.417. The van der Waals surface area contributed by atoms with E-state index < -0.39 is 5.41 Å².